The molecule has 0 aliphatic heterocycles. The van der Waals surface area contributed by atoms with Crippen LogP contribution < -0.4 is 9.84 Å². The number of alkyl halides is 3. The lowest BCUT2D eigenvalue weighted by Crippen LogP contribution is -2.51. The fraction of sp³-hybridized carbons (Fsp3) is 0.708. The van der Waals surface area contributed by atoms with Gasteiger partial charge in [-0.3, -0.25) is 0 Å². The molecule has 0 fully saturated rings. The molecular weight excluding hydrogens is 426 g/mol. The number of carbonyl (C=O) groups is 1. The Morgan fingerprint density at radius 3 is 1.75 bits per heavy atom. The van der Waals surface area contributed by atoms with Crippen LogP contribution in [0, 0.1) is 12.7 Å². The fourth-order valence-corrected chi connectivity index (χ4v) is 3.46. The Morgan fingerprint density at radius 2 is 1.38 bits per heavy atom. The second-order valence-corrected chi connectivity index (χ2v) is 8.22. The van der Waals surface area contributed by atoms with Crippen LogP contribution >= 0.6 is 0 Å². The number of ether oxygens (including phenoxy) is 1. The van der Waals surface area contributed by atoms with E-state index in [1.165, 1.54) is 62.6 Å². The summed E-state index contributed by atoms with van der Waals surface area (Å²) in [5.74, 6) is -2.87. The van der Waals surface area contributed by atoms with Gasteiger partial charge in [-0.1, -0.05) is 46.1 Å². The van der Waals surface area contributed by atoms with E-state index in [2.05, 4.69) is 20.8 Å². The third kappa shape index (κ3) is 12.9. The van der Waals surface area contributed by atoms with Gasteiger partial charge in [0.05, 0.1) is 32.8 Å². The van der Waals surface area contributed by atoms with Gasteiger partial charge in [-0.05, 0) is 43.9 Å². The predicted octanol–water partition coefficient (Wildman–Crippen LogP) is 5.42. The summed E-state index contributed by atoms with van der Waals surface area (Å²) in [6.07, 6.45) is 3.43. The van der Waals surface area contributed by atoms with Crippen LogP contribution in [0.15, 0.2) is 18.2 Å². The van der Waals surface area contributed by atoms with Crippen LogP contribution in [0.5, 0.6) is 5.75 Å². The van der Waals surface area contributed by atoms with Crippen molar-refractivity contribution in [3.8, 4) is 5.75 Å². The van der Waals surface area contributed by atoms with E-state index in [1.807, 2.05) is 13.0 Å². The number of rotatable bonds is 14. The molecule has 0 atom stereocenters. The largest absolute Gasteiger partial charge is 0.542 e. The molecule has 0 bridgehead atoms. The van der Waals surface area contributed by atoms with Crippen molar-refractivity contribution in [1.82, 2.24) is 0 Å². The maximum atomic E-state index is 13.9. The van der Waals surface area contributed by atoms with E-state index in [4.69, 9.17) is 14.6 Å². The summed E-state index contributed by atoms with van der Waals surface area (Å²) >= 11 is 0. The highest BCUT2D eigenvalue weighted by Crippen LogP contribution is 2.19. The predicted molar refractivity (Wildman–Crippen MR) is 117 cm³/mol. The van der Waals surface area contributed by atoms with Gasteiger partial charge in [0.15, 0.2) is 11.6 Å². The van der Waals surface area contributed by atoms with Crippen LogP contribution in [0.2, 0.25) is 0 Å². The van der Waals surface area contributed by atoms with Crippen LogP contribution in [0.4, 0.5) is 17.6 Å². The molecule has 0 aliphatic carbocycles. The second kappa shape index (κ2) is 15.9. The van der Waals surface area contributed by atoms with E-state index < -0.39 is 12.1 Å². The van der Waals surface area contributed by atoms with Crippen molar-refractivity contribution >= 4 is 5.97 Å². The Labute approximate surface area is 190 Å². The standard InChI is InChI=1S/C22H39FNO.C2HF3O2/c1-5-8-14-24(15-9-6-2,16-10-7-3)17-11-18-25-22-13-12-20(4)19-21(22)23;3-2(4,5)1(6)7/h12-13,19H,5-11,14-18H2,1-4H3;(H,6,7)/q+1;/p-1. The number of unbranched alkanes of at least 4 members (excludes halogenated alkanes) is 3. The third-order valence-electron chi connectivity index (χ3n) is 5.31. The normalized spacial score (nSPS) is 11.6. The Hall–Kier alpha value is -1.83. The van der Waals surface area contributed by atoms with Crippen molar-refractivity contribution in [2.24, 2.45) is 0 Å². The monoisotopic (exact) mass is 465 g/mol. The first-order valence-corrected chi connectivity index (χ1v) is 11.5. The number of aliphatic carboxylic acids is 1. The minimum Gasteiger partial charge on any atom is -0.542 e. The van der Waals surface area contributed by atoms with Crippen LogP contribution in [-0.2, 0) is 4.79 Å². The molecular formula is C24H39F4NO3. The summed E-state index contributed by atoms with van der Waals surface area (Å²) in [4.78, 5) is 8.78. The quantitative estimate of drug-likeness (QED) is 0.209. The van der Waals surface area contributed by atoms with E-state index in [1.54, 1.807) is 12.1 Å². The first-order valence-electron chi connectivity index (χ1n) is 11.5. The molecule has 0 amide bonds. The number of nitrogens with zero attached hydrogens (tertiary/aromatic N) is 1. The molecule has 0 heterocycles. The van der Waals surface area contributed by atoms with Crippen molar-refractivity contribution in [1.29, 1.82) is 0 Å². The Bertz CT molecular complexity index is 629. The van der Waals surface area contributed by atoms with E-state index in [9.17, 15) is 17.6 Å². The highest BCUT2D eigenvalue weighted by atomic mass is 19.4. The summed E-state index contributed by atoms with van der Waals surface area (Å²) in [6.45, 7) is 14.3. The summed E-state index contributed by atoms with van der Waals surface area (Å²) in [7, 11) is 0. The maximum absolute atomic E-state index is 13.9. The van der Waals surface area contributed by atoms with Crippen molar-refractivity contribution in [3.63, 3.8) is 0 Å². The Balaban J connectivity index is 0.00000118. The number of hydrogen-bond acceptors (Lipinski definition) is 3. The first kappa shape index (κ1) is 30.2. The van der Waals surface area contributed by atoms with Crippen LogP contribution in [-0.4, -0.2) is 49.4 Å². The number of halogens is 4. The average Bonchev–Trinajstić information content (AvgIpc) is 2.73. The van der Waals surface area contributed by atoms with Gasteiger partial charge >= 0.3 is 6.18 Å². The molecule has 4 nitrogen and oxygen atoms in total. The Morgan fingerprint density at radius 1 is 0.938 bits per heavy atom. The molecule has 0 saturated carbocycles. The van der Waals surface area contributed by atoms with Crippen molar-refractivity contribution in [3.05, 3.63) is 29.6 Å². The van der Waals surface area contributed by atoms with Gasteiger partial charge in [-0.15, -0.1) is 0 Å². The molecule has 1 rings (SSSR count). The van der Waals surface area contributed by atoms with E-state index >= 15 is 0 Å². The number of carbonyl (C=O) groups excluding carboxylic acids is 1. The lowest BCUT2D eigenvalue weighted by atomic mass is 10.1. The zero-order chi connectivity index (χ0) is 24.6. The van der Waals surface area contributed by atoms with Gasteiger partial charge in [0.2, 0.25) is 0 Å². The van der Waals surface area contributed by atoms with Crippen molar-refractivity contribution < 1.29 is 36.7 Å². The van der Waals surface area contributed by atoms with Crippen LogP contribution in [0.25, 0.3) is 0 Å². The molecule has 0 radical (unpaired) electrons. The van der Waals surface area contributed by atoms with Crippen molar-refractivity contribution in [2.45, 2.75) is 78.8 Å². The van der Waals surface area contributed by atoms with E-state index in [0.717, 1.165) is 18.5 Å². The first-order chi connectivity index (χ1) is 15.0. The van der Waals surface area contributed by atoms with E-state index in [-0.39, 0.29) is 5.82 Å². The molecule has 0 spiro atoms. The highest BCUT2D eigenvalue weighted by molar-refractivity contribution is 5.70. The summed E-state index contributed by atoms with van der Waals surface area (Å²) < 4.78 is 52.4. The molecule has 186 valence electrons. The summed E-state index contributed by atoms with van der Waals surface area (Å²) in [5.41, 5.74) is 0.930. The molecule has 1 aromatic rings. The molecule has 0 aromatic heterocycles. The molecule has 0 N–H and O–H groups in total. The molecule has 32 heavy (non-hydrogen) atoms. The van der Waals surface area contributed by atoms with Gasteiger partial charge in [0.25, 0.3) is 0 Å². The number of carboxylic acid groups (broad SMARTS) is 1. The van der Waals surface area contributed by atoms with Crippen LogP contribution in [0.1, 0.15) is 71.3 Å². The molecule has 0 aliphatic rings. The molecule has 1 aromatic carbocycles. The fourth-order valence-electron chi connectivity index (χ4n) is 3.46. The summed E-state index contributed by atoms with van der Waals surface area (Å²) in [6, 6.07) is 5.19. The molecule has 8 heteroatoms. The average molecular weight is 466 g/mol. The lowest BCUT2D eigenvalue weighted by Gasteiger charge is -2.39. The zero-order valence-electron chi connectivity index (χ0n) is 19.9. The molecule has 0 unspecified atom stereocenters. The smallest absolute Gasteiger partial charge is 0.430 e. The summed E-state index contributed by atoms with van der Waals surface area (Å²) in [5, 5.41) is 8.78. The number of aryl methyl sites for hydroxylation is 1. The van der Waals surface area contributed by atoms with Gasteiger partial charge in [0.1, 0.15) is 5.97 Å². The number of quaternary nitrogens is 1. The third-order valence-corrected chi connectivity index (χ3v) is 5.31. The minimum absolute atomic E-state index is 0.247. The zero-order valence-corrected chi connectivity index (χ0v) is 19.9. The lowest BCUT2D eigenvalue weighted by molar-refractivity contribution is -0.929. The minimum atomic E-state index is -5.19. The number of benzene rings is 1. The van der Waals surface area contributed by atoms with Crippen LogP contribution in [0.3, 0.4) is 0 Å². The van der Waals surface area contributed by atoms with Gasteiger partial charge in [0, 0.05) is 6.42 Å². The van der Waals surface area contributed by atoms with Gasteiger partial charge in [-0.2, -0.15) is 13.2 Å². The van der Waals surface area contributed by atoms with Gasteiger partial charge in [-0.25, -0.2) is 4.39 Å². The topological polar surface area (TPSA) is 49.4 Å². The number of carboxylic acids is 1. The maximum Gasteiger partial charge on any atom is 0.430 e. The van der Waals surface area contributed by atoms with Gasteiger partial charge < -0.3 is 19.1 Å². The Kier molecular flexibility index (Phi) is 15.0. The number of hydrogen-bond donors (Lipinski definition) is 0. The SMILES string of the molecule is CCCC[N+](CCCC)(CCCC)CCCOc1ccc(C)cc1F.O=C([O-])C(F)(F)F. The molecule has 0 saturated heterocycles. The van der Waals surface area contributed by atoms with Crippen molar-refractivity contribution in [2.75, 3.05) is 32.8 Å². The highest BCUT2D eigenvalue weighted by Gasteiger charge is 2.29. The second-order valence-electron chi connectivity index (χ2n) is 8.22. The van der Waals surface area contributed by atoms with E-state index in [0.29, 0.717) is 12.4 Å².